The Balaban J connectivity index is 1.71. The van der Waals surface area contributed by atoms with Crippen molar-refractivity contribution in [3.63, 3.8) is 0 Å². The smallest absolute Gasteiger partial charge is 0.261 e. The molecule has 2 heterocycles. The Morgan fingerprint density at radius 3 is 2.67 bits per heavy atom. The van der Waals surface area contributed by atoms with Crippen molar-refractivity contribution < 1.29 is 4.79 Å². The molecule has 0 saturated carbocycles. The molecule has 2 aromatic heterocycles. The van der Waals surface area contributed by atoms with Crippen LogP contribution >= 0.6 is 11.3 Å². The van der Waals surface area contributed by atoms with E-state index in [1.165, 1.54) is 22.5 Å². The largest absolute Gasteiger partial charge is 0.342 e. The van der Waals surface area contributed by atoms with Gasteiger partial charge in [-0.05, 0) is 48.6 Å². The van der Waals surface area contributed by atoms with Gasteiger partial charge < -0.3 is 9.88 Å². The minimum Gasteiger partial charge on any atom is -0.342 e. The molecule has 0 aliphatic heterocycles. The Morgan fingerprint density at radius 2 is 1.89 bits per heavy atom. The molecule has 0 aliphatic rings. The number of imidazole rings is 1. The van der Waals surface area contributed by atoms with Gasteiger partial charge in [-0.1, -0.05) is 42.5 Å². The van der Waals surface area contributed by atoms with E-state index in [-0.39, 0.29) is 11.9 Å². The van der Waals surface area contributed by atoms with Gasteiger partial charge >= 0.3 is 0 Å². The molecule has 4 aromatic rings. The molecule has 27 heavy (non-hydrogen) atoms. The first-order chi connectivity index (χ1) is 13.1. The van der Waals surface area contributed by atoms with Gasteiger partial charge in [0, 0.05) is 6.54 Å². The van der Waals surface area contributed by atoms with E-state index in [1.54, 1.807) is 0 Å². The summed E-state index contributed by atoms with van der Waals surface area (Å²) in [5.41, 5.74) is 4.52. The number of aromatic nitrogens is 2. The summed E-state index contributed by atoms with van der Waals surface area (Å²) >= 11 is 1.44. The highest BCUT2D eigenvalue weighted by molar-refractivity contribution is 7.12. The summed E-state index contributed by atoms with van der Waals surface area (Å²) in [5.74, 6) is 0.802. The first-order valence-corrected chi connectivity index (χ1v) is 9.85. The van der Waals surface area contributed by atoms with Crippen molar-refractivity contribution in [1.29, 1.82) is 0 Å². The van der Waals surface area contributed by atoms with E-state index in [2.05, 4.69) is 47.1 Å². The van der Waals surface area contributed by atoms with Crippen molar-refractivity contribution >= 4 is 28.3 Å². The van der Waals surface area contributed by atoms with Crippen LogP contribution in [0.25, 0.3) is 11.0 Å². The van der Waals surface area contributed by atoms with Crippen molar-refractivity contribution in [2.24, 2.45) is 0 Å². The average molecular weight is 375 g/mol. The van der Waals surface area contributed by atoms with Crippen LogP contribution in [0.2, 0.25) is 0 Å². The number of rotatable bonds is 5. The van der Waals surface area contributed by atoms with Crippen LogP contribution in [0.5, 0.6) is 0 Å². The third kappa shape index (κ3) is 3.51. The summed E-state index contributed by atoms with van der Waals surface area (Å²) in [7, 11) is 0. The zero-order valence-corrected chi connectivity index (χ0v) is 16.2. The van der Waals surface area contributed by atoms with Crippen molar-refractivity contribution in [2.45, 2.75) is 26.4 Å². The quantitative estimate of drug-likeness (QED) is 0.537. The predicted octanol–water partition coefficient (Wildman–Crippen LogP) is 4.95. The van der Waals surface area contributed by atoms with Gasteiger partial charge in [-0.15, -0.1) is 11.3 Å². The molecule has 4 nitrogen and oxygen atoms in total. The summed E-state index contributed by atoms with van der Waals surface area (Å²) in [4.78, 5) is 18.0. The fourth-order valence-electron chi connectivity index (χ4n) is 3.29. The molecule has 4 rings (SSSR count). The second kappa shape index (κ2) is 7.37. The van der Waals surface area contributed by atoms with Gasteiger partial charge in [-0.3, -0.25) is 4.79 Å². The highest BCUT2D eigenvalue weighted by Gasteiger charge is 2.19. The van der Waals surface area contributed by atoms with Crippen LogP contribution in [-0.4, -0.2) is 15.5 Å². The van der Waals surface area contributed by atoms with Crippen LogP contribution in [0.3, 0.4) is 0 Å². The Bertz CT molecular complexity index is 1080. The molecule has 1 amide bonds. The van der Waals surface area contributed by atoms with Gasteiger partial charge in [-0.2, -0.15) is 0 Å². The molecule has 0 spiro atoms. The highest BCUT2D eigenvalue weighted by Crippen LogP contribution is 2.23. The number of para-hydroxylation sites is 2. The van der Waals surface area contributed by atoms with Gasteiger partial charge in [0.15, 0.2) is 0 Å². The van der Waals surface area contributed by atoms with Crippen molar-refractivity contribution in [3.8, 4) is 0 Å². The van der Waals surface area contributed by atoms with Crippen LogP contribution in [0.4, 0.5) is 0 Å². The van der Waals surface area contributed by atoms with Crippen molar-refractivity contribution in [3.05, 3.63) is 87.9 Å². The first-order valence-electron chi connectivity index (χ1n) is 8.97. The predicted molar refractivity (Wildman–Crippen MR) is 110 cm³/mol. The number of amides is 1. The van der Waals surface area contributed by atoms with Crippen LogP contribution in [0.1, 0.15) is 39.6 Å². The monoisotopic (exact) mass is 375 g/mol. The SMILES string of the molecule is Cc1ccccc1Cn1c([C@@H](C)NC(=O)c2cccs2)nc2ccccc21. The van der Waals surface area contributed by atoms with Crippen molar-refractivity contribution in [2.75, 3.05) is 0 Å². The lowest BCUT2D eigenvalue weighted by Gasteiger charge is -2.17. The molecule has 0 unspecified atom stereocenters. The van der Waals surface area contributed by atoms with E-state index in [9.17, 15) is 4.79 Å². The summed E-state index contributed by atoms with van der Waals surface area (Å²) in [6, 6.07) is 20.0. The maximum atomic E-state index is 12.5. The second-order valence-electron chi connectivity index (χ2n) is 6.64. The maximum absolute atomic E-state index is 12.5. The molecule has 136 valence electrons. The van der Waals surface area contributed by atoms with Gasteiger partial charge in [0.2, 0.25) is 0 Å². The van der Waals surface area contributed by atoms with Gasteiger partial charge in [0.25, 0.3) is 5.91 Å². The third-order valence-electron chi connectivity index (χ3n) is 4.75. The number of nitrogens with one attached hydrogen (secondary N) is 1. The van der Waals surface area contributed by atoms with E-state index in [4.69, 9.17) is 4.98 Å². The minimum atomic E-state index is -0.198. The van der Waals surface area contributed by atoms with E-state index in [0.717, 1.165) is 23.4 Å². The second-order valence-corrected chi connectivity index (χ2v) is 7.59. The Hall–Kier alpha value is -2.92. The van der Waals surface area contributed by atoms with E-state index in [1.807, 2.05) is 42.6 Å². The van der Waals surface area contributed by atoms with E-state index < -0.39 is 0 Å². The lowest BCUT2D eigenvalue weighted by Crippen LogP contribution is -2.28. The number of hydrogen-bond donors (Lipinski definition) is 1. The topological polar surface area (TPSA) is 46.9 Å². The Kier molecular flexibility index (Phi) is 4.77. The van der Waals surface area contributed by atoms with Crippen LogP contribution in [0.15, 0.2) is 66.0 Å². The van der Waals surface area contributed by atoms with E-state index in [0.29, 0.717) is 4.88 Å². The highest BCUT2D eigenvalue weighted by atomic mass is 32.1. The number of benzene rings is 2. The molecular formula is C22H21N3OS. The summed E-state index contributed by atoms with van der Waals surface area (Å²) in [5, 5.41) is 5.00. The molecule has 2 aromatic carbocycles. The lowest BCUT2D eigenvalue weighted by molar-refractivity contribution is 0.0942. The van der Waals surface area contributed by atoms with Crippen molar-refractivity contribution in [1.82, 2.24) is 14.9 Å². The first kappa shape index (κ1) is 17.5. The molecule has 1 atom stereocenters. The third-order valence-corrected chi connectivity index (χ3v) is 5.62. The number of thiophene rings is 1. The number of fused-ring (bicyclic) bond motifs is 1. The van der Waals surface area contributed by atoms with E-state index >= 15 is 0 Å². The van der Waals surface area contributed by atoms with Gasteiger partial charge in [0.05, 0.1) is 22.0 Å². The summed E-state index contributed by atoms with van der Waals surface area (Å²) < 4.78 is 2.21. The number of hydrogen-bond acceptors (Lipinski definition) is 3. The number of carbonyl (C=O) groups excluding carboxylic acids is 1. The fraction of sp³-hybridized carbons (Fsp3) is 0.182. The normalized spacial score (nSPS) is 12.2. The molecular weight excluding hydrogens is 354 g/mol. The molecule has 0 fully saturated rings. The number of nitrogens with zero attached hydrogens (tertiary/aromatic N) is 2. The van der Waals surface area contributed by atoms with Crippen LogP contribution < -0.4 is 5.32 Å². The fourth-order valence-corrected chi connectivity index (χ4v) is 3.92. The lowest BCUT2D eigenvalue weighted by atomic mass is 10.1. The molecule has 1 N–H and O–H groups in total. The number of carbonyl (C=O) groups is 1. The van der Waals surface area contributed by atoms with Gasteiger partial charge in [-0.25, -0.2) is 4.98 Å². The summed E-state index contributed by atoms with van der Waals surface area (Å²) in [6.45, 7) is 4.83. The molecule has 0 saturated heterocycles. The Morgan fingerprint density at radius 1 is 1.11 bits per heavy atom. The average Bonchev–Trinajstić information content (AvgIpc) is 3.32. The zero-order valence-electron chi connectivity index (χ0n) is 15.3. The zero-order chi connectivity index (χ0) is 18.8. The molecule has 0 radical (unpaired) electrons. The Labute approximate surface area is 162 Å². The molecule has 0 bridgehead atoms. The maximum Gasteiger partial charge on any atom is 0.261 e. The van der Waals surface area contributed by atoms with Gasteiger partial charge in [0.1, 0.15) is 5.82 Å². The summed E-state index contributed by atoms with van der Waals surface area (Å²) in [6.07, 6.45) is 0. The minimum absolute atomic E-state index is 0.0630. The van der Waals surface area contributed by atoms with Crippen LogP contribution in [0, 0.1) is 6.92 Å². The standard InChI is InChI=1S/C22H21N3OS/c1-15-8-3-4-9-17(15)14-25-19-11-6-5-10-18(19)24-21(25)16(2)23-22(26)20-12-7-13-27-20/h3-13,16H,14H2,1-2H3,(H,23,26)/t16-/m1/s1. The number of aryl methyl sites for hydroxylation is 1. The molecule has 0 aliphatic carbocycles. The van der Waals surface area contributed by atoms with Crippen LogP contribution in [-0.2, 0) is 6.54 Å². The molecule has 5 heteroatoms.